The highest BCUT2D eigenvalue weighted by Crippen LogP contribution is 2.38. The molecule has 5 rings (SSSR count). The molecule has 0 aromatic heterocycles. The van der Waals surface area contributed by atoms with Crippen molar-refractivity contribution < 1.29 is 18.7 Å². The minimum atomic E-state index is -0.644. The van der Waals surface area contributed by atoms with Crippen LogP contribution in [-0.2, 0) is 9.59 Å². The highest BCUT2D eigenvalue weighted by atomic mass is 32.2. The van der Waals surface area contributed by atoms with Crippen LogP contribution in [0.15, 0.2) is 82.9 Å². The van der Waals surface area contributed by atoms with Gasteiger partial charge in [0.25, 0.3) is 5.91 Å². The number of amidine groups is 1. The number of aryl methyl sites for hydroxylation is 1. The number of aliphatic imine (C=N–C) groups is 1. The van der Waals surface area contributed by atoms with E-state index in [0.29, 0.717) is 17.3 Å². The van der Waals surface area contributed by atoms with E-state index in [2.05, 4.69) is 10.3 Å². The van der Waals surface area contributed by atoms with Gasteiger partial charge in [-0.3, -0.25) is 9.59 Å². The molecular formula is C28H25FN4O3S. The lowest BCUT2D eigenvalue weighted by Crippen LogP contribution is -2.25. The number of methoxy groups -OCH3 is 1. The lowest BCUT2D eigenvalue weighted by molar-refractivity contribution is -0.121. The van der Waals surface area contributed by atoms with Crippen LogP contribution in [0.5, 0.6) is 5.75 Å². The molecule has 2 aliphatic heterocycles. The molecule has 2 amide bonds. The zero-order valence-electron chi connectivity index (χ0n) is 20.3. The van der Waals surface area contributed by atoms with Crippen LogP contribution >= 0.6 is 11.8 Å². The van der Waals surface area contributed by atoms with Crippen molar-refractivity contribution in [2.75, 3.05) is 12.4 Å². The van der Waals surface area contributed by atoms with Gasteiger partial charge in [0.2, 0.25) is 5.91 Å². The Kier molecular flexibility index (Phi) is 7.05. The van der Waals surface area contributed by atoms with E-state index in [9.17, 15) is 14.0 Å². The van der Waals surface area contributed by atoms with Crippen LogP contribution in [0.3, 0.4) is 0 Å². The van der Waals surface area contributed by atoms with Crippen molar-refractivity contribution in [2.45, 2.75) is 31.1 Å². The van der Waals surface area contributed by atoms with E-state index in [1.54, 1.807) is 24.3 Å². The van der Waals surface area contributed by atoms with Crippen molar-refractivity contribution >= 4 is 40.1 Å². The zero-order chi connectivity index (χ0) is 25.9. The molecule has 9 heteroatoms. The number of ether oxygens (including phenoxy) is 1. The number of halogens is 1. The summed E-state index contributed by atoms with van der Waals surface area (Å²) in [6, 6.07) is 21.0. The normalized spacial score (nSPS) is 19.0. The first kappa shape index (κ1) is 24.7. The number of hydrazone groups is 1. The number of benzene rings is 3. The van der Waals surface area contributed by atoms with Crippen LogP contribution in [0.1, 0.15) is 35.6 Å². The summed E-state index contributed by atoms with van der Waals surface area (Å²) >= 11 is 1.23. The van der Waals surface area contributed by atoms with E-state index < -0.39 is 5.25 Å². The molecule has 0 spiro atoms. The van der Waals surface area contributed by atoms with Gasteiger partial charge in [-0.05, 0) is 66.6 Å². The summed E-state index contributed by atoms with van der Waals surface area (Å²) in [4.78, 5) is 29.6. The van der Waals surface area contributed by atoms with Crippen LogP contribution < -0.4 is 10.1 Å². The van der Waals surface area contributed by atoms with Crippen LogP contribution in [-0.4, -0.2) is 40.1 Å². The summed E-state index contributed by atoms with van der Waals surface area (Å²) in [5.41, 5.74) is 4.35. The Morgan fingerprint density at radius 1 is 1.08 bits per heavy atom. The van der Waals surface area contributed by atoms with Gasteiger partial charge in [0, 0.05) is 18.5 Å². The molecule has 1 N–H and O–H groups in total. The Hall–Kier alpha value is -3.98. The molecule has 37 heavy (non-hydrogen) atoms. The molecule has 2 heterocycles. The molecule has 0 bridgehead atoms. The van der Waals surface area contributed by atoms with Crippen molar-refractivity contribution in [1.29, 1.82) is 0 Å². The third-order valence-corrected chi connectivity index (χ3v) is 7.36. The Morgan fingerprint density at radius 2 is 1.78 bits per heavy atom. The van der Waals surface area contributed by atoms with Crippen LogP contribution in [0, 0.1) is 12.7 Å². The van der Waals surface area contributed by atoms with Gasteiger partial charge in [-0.1, -0.05) is 41.6 Å². The fraction of sp³-hybridized carbons (Fsp3) is 0.214. The van der Waals surface area contributed by atoms with Gasteiger partial charge < -0.3 is 10.1 Å². The van der Waals surface area contributed by atoms with Crippen LogP contribution in [0.2, 0.25) is 0 Å². The predicted octanol–water partition coefficient (Wildman–Crippen LogP) is 5.32. The Balaban J connectivity index is 1.35. The van der Waals surface area contributed by atoms with E-state index in [4.69, 9.17) is 9.84 Å². The summed E-state index contributed by atoms with van der Waals surface area (Å²) in [6.07, 6.45) is 0.540. The monoisotopic (exact) mass is 516 g/mol. The largest absolute Gasteiger partial charge is 0.497 e. The first-order valence-electron chi connectivity index (χ1n) is 11.8. The zero-order valence-corrected chi connectivity index (χ0v) is 21.2. The lowest BCUT2D eigenvalue weighted by Gasteiger charge is -2.23. The van der Waals surface area contributed by atoms with Gasteiger partial charge >= 0.3 is 0 Å². The molecule has 0 unspecified atom stereocenters. The molecular weight excluding hydrogens is 491 g/mol. The molecule has 3 aromatic rings. The fourth-order valence-corrected chi connectivity index (χ4v) is 5.27. The molecule has 3 aromatic carbocycles. The summed E-state index contributed by atoms with van der Waals surface area (Å²) in [6.45, 7) is 1.97. The Morgan fingerprint density at radius 3 is 2.46 bits per heavy atom. The average molecular weight is 517 g/mol. The summed E-state index contributed by atoms with van der Waals surface area (Å²) in [5, 5.41) is 9.15. The van der Waals surface area contributed by atoms with Crippen LogP contribution in [0.4, 0.5) is 10.1 Å². The summed E-state index contributed by atoms with van der Waals surface area (Å²) < 4.78 is 18.9. The van der Waals surface area contributed by atoms with Gasteiger partial charge in [0.1, 0.15) is 16.8 Å². The number of carbonyl (C=O) groups excluding carboxylic acids is 2. The number of nitrogens with zero attached hydrogens (tertiary/aromatic N) is 3. The molecule has 0 fully saturated rings. The third kappa shape index (κ3) is 5.56. The molecule has 0 saturated carbocycles. The van der Waals surface area contributed by atoms with Crippen LogP contribution in [0.25, 0.3) is 0 Å². The van der Waals surface area contributed by atoms with E-state index in [1.807, 2.05) is 55.5 Å². The predicted molar refractivity (Wildman–Crippen MR) is 143 cm³/mol. The van der Waals surface area contributed by atoms with Gasteiger partial charge in [0.05, 0.1) is 18.9 Å². The number of carbonyl (C=O) groups is 2. The topological polar surface area (TPSA) is 83.4 Å². The van der Waals surface area contributed by atoms with E-state index in [0.717, 1.165) is 28.2 Å². The minimum Gasteiger partial charge on any atom is -0.497 e. The molecule has 2 atom stereocenters. The highest BCUT2D eigenvalue weighted by molar-refractivity contribution is 8.15. The lowest BCUT2D eigenvalue weighted by atomic mass is 9.98. The number of rotatable bonds is 6. The van der Waals surface area contributed by atoms with E-state index in [-0.39, 0.29) is 30.1 Å². The van der Waals surface area contributed by atoms with Gasteiger partial charge in [-0.2, -0.15) is 10.1 Å². The van der Waals surface area contributed by atoms with Crippen molar-refractivity contribution in [3.05, 3.63) is 95.3 Å². The molecule has 0 radical (unpaired) electrons. The maximum atomic E-state index is 13.6. The summed E-state index contributed by atoms with van der Waals surface area (Å²) in [7, 11) is 1.61. The number of nitrogens with one attached hydrogen (secondary N) is 1. The smallest absolute Gasteiger partial charge is 0.262 e. The molecule has 0 aliphatic carbocycles. The minimum absolute atomic E-state index is 0.00547. The highest BCUT2D eigenvalue weighted by Gasteiger charge is 2.39. The van der Waals surface area contributed by atoms with Crippen molar-refractivity contribution in [3.63, 3.8) is 0 Å². The van der Waals surface area contributed by atoms with Gasteiger partial charge in [0.15, 0.2) is 5.17 Å². The SMILES string of the molecule is COc1ccc(C2=NN(C3=NC(=O)[C@@H](CC(=O)Nc4ccc(C)cc4)S3)[C@H](c3ccc(F)cc3)C2)cc1. The van der Waals surface area contributed by atoms with E-state index >= 15 is 0 Å². The van der Waals surface area contributed by atoms with Crippen molar-refractivity contribution in [1.82, 2.24) is 5.01 Å². The molecule has 7 nitrogen and oxygen atoms in total. The molecule has 0 saturated heterocycles. The first-order chi connectivity index (χ1) is 17.9. The number of hydrogen-bond acceptors (Lipinski definition) is 6. The van der Waals surface area contributed by atoms with Crippen molar-refractivity contribution in [2.24, 2.45) is 10.1 Å². The number of anilines is 1. The standard InChI is InChI=1S/C28H25FN4O3S/c1-17-3-11-21(12-4-17)30-26(34)16-25-27(35)31-28(37-25)33-24(19-5-9-20(29)10-6-19)15-23(32-33)18-7-13-22(36-2)14-8-18/h3-14,24-25H,15-16H2,1-2H3,(H,30,34)/t24-,25+/m0/s1. The maximum Gasteiger partial charge on any atom is 0.262 e. The average Bonchev–Trinajstić information content (AvgIpc) is 3.50. The second-order valence-corrected chi connectivity index (χ2v) is 10.0. The van der Waals surface area contributed by atoms with E-state index in [1.165, 1.54) is 23.9 Å². The molecule has 188 valence electrons. The maximum absolute atomic E-state index is 13.6. The third-order valence-electron chi connectivity index (χ3n) is 6.22. The van der Waals surface area contributed by atoms with Gasteiger partial charge in [-0.25, -0.2) is 9.40 Å². The number of hydrogen-bond donors (Lipinski definition) is 1. The molecule has 2 aliphatic rings. The second kappa shape index (κ2) is 10.6. The Bertz CT molecular complexity index is 1370. The van der Waals surface area contributed by atoms with Crippen molar-refractivity contribution in [3.8, 4) is 5.75 Å². The number of amides is 2. The number of thioether (sulfide) groups is 1. The Labute approximate surface area is 218 Å². The summed E-state index contributed by atoms with van der Waals surface area (Å²) in [5.74, 6) is -0.218. The van der Waals surface area contributed by atoms with Gasteiger partial charge in [-0.15, -0.1) is 0 Å². The fourth-order valence-electron chi connectivity index (χ4n) is 4.21. The second-order valence-electron chi connectivity index (χ2n) is 8.85. The quantitative estimate of drug-likeness (QED) is 0.480. The first-order valence-corrected chi connectivity index (χ1v) is 12.7.